The second-order valence-corrected chi connectivity index (χ2v) is 7.86. The van der Waals surface area contributed by atoms with E-state index in [-0.39, 0.29) is 30.2 Å². The predicted octanol–water partition coefficient (Wildman–Crippen LogP) is 3.04. The molecule has 0 radical (unpaired) electrons. The van der Waals surface area contributed by atoms with E-state index in [9.17, 15) is 19.2 Å². The summed E-state index contributed by atoms with van der Waals surface area (Å²) in [5.41, 5.74) is 0.532. The molecule has 0 unspecified atom stereocenters. The van der Waals surface area contributed by atoms with Crippen molar-refractivity contribution in [3.63, 3.8) is 0 Å². The largest absolute Gasteiger partial charge is 0.302 e. The normalized spacial score (nSPS) is 10.9. The molecule has 2 heterocycles. The number of Topliss-reactive ketones (excluding diaryl/α,β-unsaturated/α-hetero) is 1. The molecule has 0 aliphatic carbocycles. The van der Waals surface area contributed by atoms with Crippen molar-refractivity contribution in [2.45, 2.75) is 19.9 Å². The van der Waals surface area contributed by atoms with E-state index >= 15 is 0 Å². The van der Waals surface area contributed by atoms with Gasteiger partial charge in [0.1, 0.15) is 0 Å². The van der Waals surface area contributed by atoms with Crippen molar-refractivity contribution in [1.82, 2.24) is 14.8 Å². The van der Waals surface area contributed by atoms with Gasteiger partial charge in [-0.3, -0.25) is 24.3 Å². The van der Waals surface area contributed by atoms with Crippen LogP contribution >= 0.6 is 11.3 Å². The Labute approximate surface area is 180 Å². The molecule has 1 amide bonds. The molecular weight excluding hydrogens is 416 g/mol. The van der Waals surface area contributed by atoms with Gasteiger partial charge in [-0.05, 0) is 12.1 Å². The van der Waals surface area contributed by atoms with Crippen molar-refractivity contribution in [2.24, 2.45) is 0 Å². The molecule has 0 saturated carbocycles. The summed E-state index contributed by atoms with van der Waals surface area (Å²) in [5.74, 6) is -0.526. The van der Waals surface area contributed by atoms with E-state index < -0.39 is 5.56 Å². The number of thiazole rings is 1. The number of H-pyrrole nitrogens is 1. The lowest BCUT2D eigenvalue weighted by Gasteiger charge is -2.07. The molecule has 31 heavy (non-hydrogen) atoms. The highest BCUT2D eigenvalue weighted by molar-refractivity contribution is 7.18. The number of hydrogen-bond acceptors (Lipinski definition) is 6. The topological polar surface area (TPSA) is 114 Å². The molecule has 2 aromatic carbocycles. The second kappa shape index (κ2) is 8.49. The number of fused-ring (bicyclic) bond motifs is 1. The number of benzene rings is 2. The molecule has 0 fully saturated rings. The molecule has 0 bridgehead atoms. The Balaban J connectivity index is 1.52. The predicted molar refractivity (Wildman–Crippen MR) is 120 cm³/mol. The number of carbonyl (C=O) groups is 2. The lowest BCUT2D eigenvalue weighted by Crippen LogP contribution is -2.31. The van der Waals surface area contributed by atoms with Gasteiger partial charge >= 0.3 is 0 Å². The summed E-state index contributed by atoms with van der Waals surface area (Å²) >= 11 is 1.10. The summed E-state index contributed by atoms with van der Waals surface area (Å²) in [6.07, 6.45) is -0.0517. The molecule has 156 valence electrons. The zero-order chi connectivity index (χ0) is 22.0. The summed E-state index contributed by atoms with van der Waals surface area (Å²) in [7, 11) is 0. The lowest BCUT2D eigenvalue weighted by molar-refractivity contribution is -0.116. The van der Waals surface area contributed by atoms with Crippen molar-refractivity contribution in [1.29, 1.82) is 0 Å². The Morgan fingerprint density at radius 3 is 2.42 bits per heavy atom. The van der Waals surface area contributed by atoms with Gasteiger partial charge in [-0.25, -0.2) is 9.67 Å². The third kappa shape index (κ3) is 4.22. The van der Waals surface area contributed by atoms with Crippen LogP contribution in [0.3, 0.4) is 0 Å². The van der Waals surface area contributed by atoms with E-state index in [0.717, 1.165) is 21.6 Å². The van der Waals surface area contributed by atoms with Crippen LogP contribution in [0.2, 0.25) is 0 Å². The fourth-order valence-corrected chi connectivity index (χ4v) is 4.10. The summed E-state index contributed by atoms with van der Waals surface area (Å²) < 4.78 is 1.13. The van der Waals surface area contributed by atoms with E-state index in [1.165, 1.54) is 6.92 Å². The number of rotatable bonds is 6. The molecule has 4 rings (SSSR count). The van der Waals surface area contributed by atoms with Crippen LogP contribution in [0, 0.1) is 0 Å². The van der Waals surface area contributed by atoms with Crippen molar-refractivity contribution in [2.75, 3.05) is 5.32 Å². The second-order valence-electron chi connectivity index (χ2n) is 6.86. The van der Waals surface area contributed by atoms with Crippen LogP contribution in [0.15, 0.2) is 64.2 Å². The van der Waals surface area contributed by atoms with Gasteiger partial charge in [-0.15, -0.1) is 0 Å². The molecule has 4 aromatic rings. The molecule has 0 saturated heterocycles. The highest BCUT2D eigenvalue weighted by Crippen LogP contribution is 2.31. The van der Waals surface area contributed by atoms with Gasteiger partial charge in [0.15, 0.2) is 10.9 Å². The molecular formula is C22H18N4O4S. The first kappa shape index (κ1) is 20.4. The average Bonchev–Trinajstić information content (AvgIpc) is 3.20. The maximum absolute atomic E-state index is 12.5. The lowest BCUT2D eigenvalue weighted by atomic mass is 10.1. The number of anilines is 1. The minimum atomic E-state index is -0.394. The summed E-state index contributed by atoms with van der Waals surface area (Å²) in [6.45, 7) is 1.45. The Kier molecular flexibility index (Phi) is 5.59. The van der Waals surface area contributed by atoms with Crippen molar-refractivity contribution in [3.8, 4) is 11.3 Å². The van der Waals surface area contributed by atoms with Gasteiger partial charge in [0.2, 0.25) is 5.91 Å². The van der Waals surface area contributed by atoms with Gasteiger partial charge in [0.25, 0.3) is 11.1 Å². The number of aromatic amines is 1. The fourth-order valence-electron chi connectivity index (χ4n) is 3.20. The number of aryl methyl sites for hydroxylation is 1. The SMILES string of the molecule is CC(=O)c1sc(NC(=O)CCn2[nH]c(=O)c3ccccc3c2=O)nc1-c1ccccc1. The van der Waals surface area contributed by atoms with Crippen LogP contribution in [0.4, 0.5) is 5.13 Å². The van der Waals surface area contributed by atoms with E-state index in [2.05, 4.69) is 15.4 Å². The number of nitrogens with zero attached hydrogens (tertiary/aromatic N) is 2. The third-order valence-electron chi connectivity index (χ3n) is 4.69. The summed E-state index contributed by atoms with van der Waals surface area (Å²) in [4.78, 5) is 54.0. The molecule has 0 atom stereocenters. The first-order chi connectivity index (χ1) is 14.9. The van der Waals surface area contributed by atoms with Crippen molar-refractivity contribution in [3.05, 3.63) is 80.2 Å². The molecule has 0 spiro atoms. The molecule has 2 N–H and O–H groups in total. The smallest absolute Gasteiger partial charge is 0.273 e. The van der Waals surface area contributed by atoms with Crippen LogP contribution in [-0.4, -0.2) is 26.5 Å². The monoisotopic (exact) mass is 434 g/mol. The zero-order valence-electron chi connectivity index (χ0n) is 16.5. The van der Waals surface area contributed by atoms with Crippen LogP contribution in [0.25, 0.3) is 22.0 Å². The maximum atomic E-state index is 12.5. The molecule has 0 aliphatic rings. The van der Waals surface area contributed by atoms with Crippen LogP contribution in [0.5, 0.6) is 0 Å². The standard InChI is InChI=1S/C22H18N4O4S/c1-13(27)19-18(14-7-3-2-4-8-14)24-22(31-19)23-17(28)11-12-26-21(30)16-10-6-5-9-15(16)20(29)25-26/h2-10H,11-12H2,1H3,(H,25,29)(H,23,24,28). The number of amides is 1. The first-order valence-electron chi connectivity index (χ1n) is 9.53. The molecule has 8 nitrogen and oxygen atoms in total. The highest BCUT2D eigenvalue weighted by atomic mass is 32.1. The van der Waals surface area contributed by atoms with Gasteiger partial charge in [0.05, 0.1) is 27.9 Å². The Morgan fingerprint density at radius 1 is 1.03 bits per heavy atom. The minimum Gasteiger partial charge on any atom is -0.302 e. The average molecular weight is 434 g/mol. The Hall–Kier alpha value is -3.85. The highest BCUT2D eigenvalue weighted by Gasteiger charge is 2.18. The Bertz CT molecular complexity index is 1400. The van der Waals surface area contributed by atoms with Gasteiger partial charge in [-0.1, -0.05) is 53.8 Å². The summed E-state index contributed by atoms with van der Waals surface area (Å²) in [5, 5.41) is 6.08. The van der Waals surface area contributed by atoms with E-state index in [0.29, 0.717) is 26.5 Å². The van der Waals surface area contributed by atoms with Crippen LogP contribution in [0.1, 0.15) is 23.0 Å². The fraction of sp³-hybridized carbons (Fsp3) is 0.136. The molecule has 0 aliphatic heterocycles. The number of ketones is 1. The van der Waals surface area contributed by atoms with E-state index in [1.54, 1.807) is 24.3 Å². The van der Waals surface area contributed by atoms with Gasteiger partial charge in [0, 0.05) is 18.9 Å². The number of nitrogens with one attached hydrogen (secondary N) is 2. The maximum Gasteiger partial charge on any atom is 0.273 e. The quantitative estimate of drug-likeness (QED) is 0.453. The first-order valence-corrected chi connectivity index (χ1v) is 10.3. The van der Waals surface area contributed by atoms with Crippen molar-refractivity contribution < 1.29 is 9.59 Å². The Morgan fingerprint density at radius 2 is 1.71 bits per heavy atom. The van der Waals surface area contributed by atoms with Crippen LogP contribution < -0.4 is 16.4 Å². The van der Waals surface area contributed by atoms with E-state index in [1.807, 2.05) is 30.3 Å². The van der Waals surface area contributed by atoms with Crippen LogP contribution in [-0.2, 0) is 11.3 Å². The van der Waals surface area contributed by atoms with Crippen molar-refractivity contribution >= 4 is 38.9 Å². The van der Waals surface area contributed by atoms with E-state index in [4.69, 9.17) is 0 Å². The third-order valence-corrected chi connectivity index (χ3v) is 5.76. The number of aromatic nitrogens is 3. The number of hydrogen-bond donors (Lipinski definition) is 2. The van der Waals surface area contributed by atoms with Gasteiger partial charge < -0.3 is 5.32 Å². The number of carbonyl (C=O) groups excluding carboxylic acids is 2. The van der Waals surface area contributed by atoms with Gasteiger partial charge in [-0.2, -0.15) is 0 Å². The minimum absolute atomic E-state index is 0.00121. The molecule has 9 heteroatoms. The molecule has 2 aromatic heterocycles. The zero-order valence-corrected chi connectivity index (χ0v) is 17.4. The summed E-state index contributed by atoms with van der Waals surface area (Å²) in [6, 6.07) is 15.8.